The van der Waals surface area contributed by atoms with Crippen LogP contribution in [0.5, 0.6) is 0 Å². The molecule has 0 N–H and O–H groups in total. The molecule has 0 amide bonds. The highest BCUT2D eigenvalue weighted by atomic mass is 32.1. The lowest BCUT2D eigenvalue weighted by Crippen LogP contribution is -2.12. The molecule has 0 atom stereocenters. The highest BCUT2D eigenvalue weighted by molar-refractivity contribution is 7.13. The van der Waals surface area contributed by atoms with Crippen molar-refractivity contribution >= 4 is 22.2 Å². The fourth-order valence-corrected chi connectivity index (χ4v) is 2.85. The second kappa shape index (κ2) is 4.42. The first-order chi connectivity index (χ1) is 9.05. The Morgan fingerprint density at radius 2 is 1.89 bits per heavy atom. The van der Waals surface area contributed by atoms with Gasteiger partial charge in [0, 0.05) is 17.0 Å². The first-order valence-corrected chi connectivity index (χ1v) is 7.24. The van der Waals surface area contributed by atoms with Gasteiger partial charge < -0.3 is 0 Å². The molecule has 2 aromatic heterocycles. The van der Waals surface area contributed by atoms with Gasteiger partial charge in [0.1, 0.15) is 5.01 Å². The zero-order valence-electron chi connectivity index (χ0n) is 11.3. The second-order valence-electron chi connectivity index (χ2n) is 5.66. The van der Waals surface area contributed by atoms with Crippen LogP contribution in [-0.2, 0) is 5.41 Å². The third-order valence-electron chi connectivity index (χ3n) is 3.18. The molecule has 1 aromatic carbocycles. The standard InChI is InChI=1S/C16H16N2S/c1-16(2,3)12-10-14(15-17-8-9-19-15)18-13-7-5-4-6-11(12)13/h4-10H,1-3H3. The highest BCUT2D eigenvalue weighted by Crippen LogP contribution is 2.33. The molecule has 0 aliphatic rings. The fourth-order valence-electron chi connectivity index (χ4n) is 2.26. The lowest BCUT2D eigenvalue weighted by atomic mass is 9.84. The Morgan fingerprint density at radius 3 is 2.58 bits per heavy atom. The van der Waals surface area contributed by atoms with Crippen molar-refractivity contribution in [1.29, 1.82) is 0 Å². The zero-order valence-corrected chi connectivity index (χ0v) is 12.2. The molecule has 0 aliphatic heterocycles. The van der Waals surface area contributed by atoms with Crippen LogP contribution in [0.25, 0.3) is 21.6 Å². The lowest BCUT2D eigenvalue weighted by molar-refractivity contribution is 0.595. The van der Waals surface area contributed by atoms with Crippen molar-refractivity contribution < 1.29 is 0 Å². The van der Waals surface area contributed by atoms with Crippen LogP contribution in [0.4, 0.5) is 0 Å². The summed E-state index contributed by atoms with van der Waals surface area (Å²) in [7, 11) is 0. The van der Waals surface area contributed by atoms with Crippen molar-refractivity contribution in [3.63, 3.8) is 0 Å². The Bertz CT molecular complexity index is 709. The minimum absolute atomic E-state index is 0.0918. The highest BCUT2D eigenvalue weighted by Gasteiger charge is 2.19. The van der Waals surface area contributed by atoms with Crippen LogP contribution >= 0.6 is 11.3 Å². The Labute approximate surface area is 117 Å². The molecule has 0 aliphatic carbocycles. The summed E-state index contributed by atoms with van der Waals surface area (Å²) in [4.78, 5) is 9.11. The third-order valence-corrected chi connectivity index (χ3v) is 3.97. The van der Waals surface area contributed by atoms with Gasteiger partial charge in [0.15, 0.2) is 0 Å². The molecule has 0 saturated heterocycles. The largest absolute Gasteiger partial charge is 0.245 e. The van der Waals surface area contributed by atoms with Crippen molar-refractivity contribution in [3.05, 3.63) is 47.5 Å². The van der Waals surface area contributed by atoms with E-state index in [0.29, 0.717) is 0 Å². The van der Waals surface area contributed by atoms with E-state index >= 15 is 0 Å². The van der Waals surface area contributed by atoms with E-state index in [4.69, 9.17) is 4.98 Å². The predicted molar refractivity (Wildman–Crippen MR) is 81.6 cm³/mol. The van der Waals surface area contributed by atoms with Gasteiger partial charge >= 0.3 is 0 Å². The molecule has 19 heavy (non-hydrogen) atoms. The number of fused-ring (bicyclic) bond motifs is 1. The van der Waals surface area contributed by atoms with E-state index in [1.165, 1.54) is 10.9 Å². The molecule has 96 valence electrons. The van der Waals surface area contributed by atoms with Crippen LogP contribution in [0.15, 0.2) is 41.9 Å². The monoisotopic (exact) mass is 268 g/mol. The number of benzene rings is 1. The molecule has 0 bridgehead atoms. The van der Waals surface area contributed by atoms with Crippen LogP contribution < -0.4 is 0 Å². The van der Waals surface area contributed by atoms with Crippen molar-refractivity contribution in [1.82, 2.24) is 9.97 Å². The molecule has 0 radical (unpaired) electrons. The molecule has 3 rings (SSSR count). The Hall–Kier alpha value is -1.74. The summed E-state index contributed by atoms with van der Waals surface area (Å²) in [5.41, 5.74) is 3.43. The van der Waals surface area contributed by atoms with Gasteiger partial charge in [-0.3, -0.25) is 0 Å². The van der Waals surface area contributed by atoms with Gasteiger partial charge in [-0.2, -0.15) is 0 Å². The maximum Gasteiger partial charge on any atom is 0.141 e. The van der Waals surface area contributed by atoms with Gasteiger partial charge in [0.05, 0.1) is 11.2 Å². The van der Waals surface area contributed by atoms with Crippen LogP contribution in [0.2, 0.25) is 0 Å². The summed E-state index contributed by atoms with van der Waals surface area (Å²) in [6, 6.07) is 10.5. The van der Waals surface area contributed by atoms with Crippen molar-refractivity contribution in [2.75, 3.05) is 0 Å². The van der Waals surface area contributed by atoms with Gasteiger partial charge in [-0.15, -0.1) is 11.3 Å². The number of para-hydroxylation sites is 1. The summed E-state index contributed by atoms with van der Waals surface area (Å²) in [5.74, 6) is 0. The molecule has 0 fully saturated rings. The zero-order chi connectivity index (χ0) is 13.5. The summed E-state index contributed by atoms with van der Waals surface area (Å²) in [6.07, 6.45) is 1.83. The molecule has 0 unspecified atom stereocenters. The van der Waals surface area contributed by atoms with Gasteiger partial charge in [-0.25, -0.2) is 9.97 Å². The Kier molecular flexibility index (Phi) is 2.86. The molecule has 2 nitrogen and oxygen atoms in total. The number of hydrogen-bond acceptors (Lipinski definition) is 3. The molecule has 0 saturated carbocycles. The van der Waals surface area contributed by atoms with Crippen molar-refractivity contribution in [3.8, 4) is 10.7 Å². The van der Waals surface area contributed by atoms with Crippen LogP contribution in [0.3, 0.4) is 0 Å². The summed E-state index contributed by atoms with van der Waals surface area (Å²) < 4.78 is 0. The van der Waals surface area contributed by atoms with E-state index < -0.39 is 0 Å². The fraction of sp³-hybridized carbons (Fsp3) is 0.250. The normalized spacial score (nSPS) is 11.9. The smallest absolute Gasteiger partial charge is 0.141 e. The molecule has 3 aromatic rings. The number of hydrogen-bond donors (Lipinski definition) is 0. The maximum atomic E-state index is 4.74. The first-order valence-electron chi connectivity index (χ1n) is 6.36. The van der Waals surface area contributed by atoms with Crippen LogP contribution in [-0.4, -0.2) is 9.97 Å². The number of nitrogens with zero attached hydrogens (tertiary/aromatic N) is 2. The number of rotatable bonds is 1. The van der Waals surface area contributed by atoms with E-state index in [1.54, 1.807) is 11.3 Å². The van der Waals surface area contributed by atoms with Crippen LogP contribution in [0, 0.1) is 0 Å². The van der Waals surface area contributed by atoms with E-state index in [-0.39, 0.29) is 5.41 Å². The van der Waals surface area contributed by atoms with Gasteiger partial charge in [0.2, 0.25) is 0 Å². The minimum Gasteiger partial charge on any atom is -0.245 e. The minimum atomic E-state index is 0.0918. The number of thiazole rings is 1. The quantitative estimate of drug-likeness (QED) is 0.641. The SMILES string of the molecule is CC(C)(C)c1cc(-c2nccs2)nc2ccccc12. The average molecular weight is 268 g/mol. The number of pyridine rings is 1. The van der Waals surface area contributed by atoms with Gasteiger partial charge in [-0.1, -0.05) is 39.0 Å². The maximum absolute atomic E-state index is 4.74. The van der Waals surface area contributed by atoms with E-state index in [0.717, 1.165) is 16.2 Å². The first kappa shape index (κ1) is 12.3. The Balaban J connectivity index is 2.33. The van der Waals surface area contributed by atoms with Crippen molar-refractivity contribution in [2.24, 2.45) is 0 Å². The molecule has 2 heterocycles. The Morgan fingerprint density at radius 1 is 1.11 bits per heavy atom. The van der Waals surface area contributed by atoms with E-state index in [9.17, 15) is 0 Å². The van der Waals surface area contributed by atoms with Crippen molar-refractivity contribution in [2.45, 2.75) is 26.2 Å². The predicted octanol–water partition coefficient (Wildman–Crippen LogP) is 4.66. The van der Waals surface area contributed by atoms with E-state index in [2.05, 4.69) is 50.0 Å². The van der Waals surface area contributed by atoms with E-state index in [1.807, 2.05) is 17.6 Å². The van der Waals surface area contributed by atoms with Crippen LogP contribution in [0.1, 0.15) is 26.3 Å². The topological polar surface area (TPSA) is 25.8 Å². The third kappa shape index (κ3) is 2.26. The van der Waals surface area contributed by atoms with Gasteiger partial charge in [-0.05, 0) is 23.1 Å². The summed E-state index contributed by atoms with van der Waals surface area (Å²) in [5, 5.41) is 4.20. The summed E-state index contributed by atoms with van der Waals surface area (Å²) >= 11 is 1.63. The molecular weight excluding hydrogens is 252 g/mol. The van der Waals surface area contributed by atoms with Gasteiger partial charge in [0.25, 0.3) is 0 Å². The lowest BCUT2D eigenvalue weighted by Gasteiger charge is -2.21. The molecule has 3 heteroatoms. The second-order valence-corrected chi connectivity index (χ2v) is 6.55. The summed E-state index contributed by atoms with van der Waals surface area (Å²) in [6.45, 7) is 6.71. The molecular formula is C16H16N2S. The number of aromatic nitrogens is 2. The molecule has 0 spiro atoms. The average Bonchev–Trinajstić information content (AvgIpc) is 2.90.